The highest BCUT2D eigenvalue weighted by Gasteiger charge is 2.14. The number of halogens is 1. The van der Waals surface area contributed by atoms with Crippen molar-refractivity contribution in [3.63, 3.8) is 0 Å². The highest BCUT2D eigenvalue weighted by molar-refractivity contribution is 5.96. The smallest absolute Gasteiger partial charge is 0.228 e. The third-order valence-corrected chi connectivity index (χ3v) is 4.35. The number of benzene rings is 1. The maximum atomic E-state index is 14.1. The monoisotopic (exact) mass is 368 g/mol. The van der Waals surface area contributed by atoms with Gasteiger partial charge in [0.05, 0.1) is 18.3 Å². The van der Waals surface area contributed by atoms with E-state index in [1.165, 1.54) is 19.1 Å². The van der Waals surface area contributed by atoms with Crippen LogP contribution in [0.3, 0.4) is 0 Å². The normalized spacial score (nSPS) is 10.8. The van der Waals surface area contributed by atoms with Crippen molar-refractivity contribution in [2.45, 2.75) is 26.7 Å². The first-order chi connectivity index (χ1) is 12.9. The molecule has 0 atom stereocenters. The minimum atomic E-state index is -0.400. The van der Waals surface area contributed by atoms with E-state index in [2.05, 4.69) is 20.6 Å². The van der Waals surface area contributed by atoms with Crippen molar-refractivity contribution in [2.24, 2.45) is 0 Å². The van der Waals surface area contributed by atoms with Crippen molar-refractivity contribution < 1.29 is 14.0 Å². The van der Waals surface area contributed by atoms with Gasteiger partial charge >= 0.3 is 0 Å². The van der Waals surface area contributed by atoms with Crippen molar-refractivity contribution in [1.82, 2.24) is 15.3 Å². The molecule has 0 fully saturated rings. The van der Waals surface area contributed by atoms with E-state index >= 15 is 0 Å². The summed E-state index contributed by atoms with van der Waals surface area (Å²) < 4.78 is 14.1. The summed E-state index contributed by atoms with van der Waals surface area (Å²) in [6, 6.07) is 4.62. The molecule has 2 heterocycles. The van der Waals surface area contributed by atoms with E-state index in [1.54, 1.807) is 18.6 Å². The number of fused-ring (bicyclic) bond motifs is 1. The molecule has 1 aromatic carbocycles. The highest BCUT2D eigenvalue weighted by atomic mass is 19.1. The van der Waals surface area contributed by atoms with Gasteiger partial charge in [0.2, 0.25) is 11.8 Å². The summed E-state index contributed by atoms with van der Waals surface area (Å²) in [5.74, 6) is -0.750. The number of hydrogen-bond acceptors (Lipinski definition) is 3. The average molecular weight is 368 g/mol. The number of carbonyl (C=O) groups excluding carboxylic acids is 2. The third-order valence-electron chi connectivity index (χ3n) is 4.35. The number of aromatic amines is 1. The Hall–Kier alpha value is -3.22. The van der Waals surface area contributed by atoms with Crippen LogP contribution in [0.5, 0.6) is 0 Å². The highest BCUT2D eigenvalue weighted by Crippen LogP contribution is 2.25. The van der Waals surface area contributed by atoms with E-state index in [-0.39, 0.29) is 18.2 Å². The van der Waals surface area contributed by atoms with Crippen molar-refractivity contribution in [3.8, 4) is 0 Å². The molecule has 0 spiro atoms. The van der Waals surface area contributed by atoms with E-state index in [4.69, 9.17) is 0 Å². The van der Waals surface area contributed by atoms with Crippen LogP contribution in [0, 0.1) is 12.7 Å². The van der Waals surface area contributed by atoms with Gasteiger partial charge in [-0.3, -0.25) is 14.6 Å². The summed E-state index contributed by atoms with van der Waals surface area (Å²) in [7, 11) is 0. The molecule has 3 N–H and O–H groups in total. The molecule has 0 bridgehead atoms. The molecule has 0 aliphatic rings. The van der Waals surface area contributed by atoms with Crippen LogP contribution in [-0.2, 0) is 22.4 Å². The van der Waals surface area contributed by atoms with Gasteiger partial charge in [0.15, 0.2) is 0 Å². The molecule has 2 aromatic heterocycles. The Kier molecular flexibility index (Phi) is 5.49. The van der Waals surface area contributed by atoms with Gasteiger partial charge in [0.1, 0.15) is 5.82 Å². The second kappa shape index (κ2) is 7.99. The van der Waals surface area contributed by atoms with E-state index in [0.717, 1.165) is 22.0 Å². The first kappa shape index (κ1) is 18.6. The summed E-state index contributed by atoms with van der Waals surface area (Å²) in [5, 5.41) is 6.26. The zero-order valence-corrected chi connectivity index (χ0v) is 15.2. The summed E-state index contributed by atoms with van der Waals surface area (Å²) in [5.41, 5.74) is 3.74. The van der Waals surface area contributed by atoms with E-state index in [0.29, 0.717) is 24.2 Å². The minimum Gasteiger partial charge on any atom is -0.361 e. The number of aromatic nitrogens is 2. The Balaban J connectivity index is 1.80. The topological polar surface area (TPSA) is 86.9 Å². The average Bonchev–Trinajstić information content (AvgIpc) is 3.00. The fraction of sp³-hybridized carbons (Fsp3) is 0.250. The fourth-order valence-corrected chi connectivity index (χ4v) is 3.01. The Morgan fingerprint density at radius 3 is 2.81 bits per heavy atom. The molecule has 6 nitrogen and oxygen atoms in total. The molecule has 140 valence electrons. The zero-order valence-electron chi connectivity index (χ0n) is 15.2. The lowest BCUT2D eigenvalue weighted by Crippen LogP contribution is -2.22. The lowest BCUT2D eigenvalue weighted by atomic mass is 10.0. The molecule has 3 rings (SSSR count). The van der Waals surface area contributed by atoms with Crippen LogP contribution in [-0.4, -0.2) is 28.3 Å². The predicted molar refractivity (Wildman–Crippen MR) is 102 cm³/mol. The van der Waals surface area contributed by atoms with Gasteiger partial charge in [-0.05, 0) is 48.2 Å². The molecule has 0 saturated carbocycles. The molecule has 0 saturated heterocycles. The van der Waals surface area contributed by atoms with Gasteiger partial charge in [-0.2, -0.15) is 0 Å². The molecule has 2 amide bonds. The van der Waals surface area contributed by atoms with E-state index < -0.39 is 5.82 Å². The number of pyridine rings is 1. The summed E-state index contributed by atoms with van der Waals surface area (Å²) >= 11 is 0. The molecule has 0 unspecified atom stereocenters. The zero-order chi connectivity index (χ0) is 19.4. The maximum absolute atomic E-state index is 14.1. The molecule has 0 aliphatic carbocycles. The van der Waals surface area contributed by atoms with Crippen LogP contribution in [0.4, 0.5) is 10.1 Å². The Morgan fingerprint density at radius 1 is 1.26 bits per heavy atom. The lowest BCUT2D eigenvalue weighted by Gasteiger charge is -2.09. The number of aryl methyl sites for hydroxylation is 1. The lowest BCUT2D eigenvalue weighted by molar-refractivity contribution is -0.119. The van der Waals surface area contributed by atoms with E-state index in [1.807, 2.05) is 13.0 Å². The number of amides is 2. The second-order valence-electron chi connectivity index (χ2n) is 6.45. The summed E-state index contributed by atoms with van der Waals surface area (Å²) in [6.07, 6.45) is 5.64. The molecule has 0 aliphatic heterocycles. The SMILES string of the molecule is CC(=O)NCCc1c[nH]c2c(CC(=O)Nc3cnccc3C)cc(F)cc12. The third kappa shape index (κ3) is 4.49. The molecule has 7 heteroatoms. The van der Waals surface area contributed by atoms with Crippen LogP contribution >= 0.6 is 0 Å². The van der Waals surface area contributed by atoms with Gasteiger partial charge < -0.3 is 15.6 Å². The number of nitrogens with one attached hydrogen (secondary N) is 3. The Labute approximate surface area is 156 Å². The number of H-pyrrole nitrogens is 1. The van der Waals surface area contributed by atoms with Gasteiger partial charge in [-0.25, -0.2) is 4.39 Å². The minimum absolute atomic E-state index is 0.0360. The summed E-state index contributed by atoms with van der Waals surface area (Å²) in [6.45, 7) is 3.80. The van der Waals surface area contributed by atoms with Crippen LogP contribution in [0.2, 0.25) is 0 Å². The number of hydrogen-bond donors (Lipinski definition) is 3. The Bertz CT molecular complexity index is 997. The molecular weight excluding hydrogens is 347 g/mol. The van der Waals surface area contributed by atoms with Gasteiger partial charge in [0, 0.05) is 36.8 Å². The van der Waals surface area contributed by atoms with E-state index in [9.17, 15) is 14.0 Å². The van der Waals surface area contributed by atoms with Crippen molar-refractivity contribution in [2.75, 3.05) is 11.9 Å². The largest absolute Gasteiger partial charge is 0.361 e. The number of anilines is 1. The van der Waals surface area contributed by atoms with Crippen LogP contribution in [0.1, 0.15) is 23.6 Å². The fourth-order valence-electron chi connectivity index (χ4n) is 3.01. The standard InChI is InChI=1S/C20H21FN4O2/c1-12-3-5-22-11-18(12)25-19(27)8-15-7-16(21)9-17-14(10-24-20(15)17)4-6-23-13(2)26/h3,5,7,9-11,24H,4,6,8H2,1-2H3,(H,23,26)(H,25,27). The quantitative estimate of drug-likeness (QED) is 0.625. The predicted octanol–water partition coefficient (Wildman–Crippen LogP) is 2.87. The molecule has 3 aromatic rings. The van der Waals surface area contributed by atoms with Crippen molar-refractivity contribution in [1.29, 1.82) is 0 Å². The molecular formula is C20H21FN4O2. The Morgan fingerprint density at radius 2 is 2.07 bits per heavy atom. The van der Waals surface area contributed by atoms with Crippen molar-refractivity contribution >= 4 is 28.4 Å². The van der Waals surface area contributed by atoms with Crippen LogP contribution < -0.4 is 10.6 Å². The first-order valence-corrected chi connectivity index (χ1v) is 8.67. The number of rotatable bonds is 6. The maximum Gasteiger partial charge on any atom is 0.228 e. The summed E-state index contributed by atoms with van der Waals surface area (Å²) in [4.78, 5) is 30.6. The van der Waals surface area contributed by atoms with Gasteiger partial charge in [-0.15, -0.1) is 0 Å². The molecule has 0 radical (unpaired) electrons. The van der Waals surface area contributed by atoms with Gasteiger partial charge in [0.25, 0.3) is 0 Å². The van der Waals surface area contributed by atoms with Gasteiger partial charge in [-0.1, -0.05) is 0 Å². The first-order valence-electron chi connectivity index (χ1n) is 8.67. The number of nitrogens with zero attached hydrogens (tertiary/aromatic N) is 1. The van der Waals surface area contributed by atoms with Crippen LogP contribution in [0.25, 0.3) is 10.9 Å². The van der Waals surface area contributed by atoms with Crippen molar-refractivity contribution in [3.05, 3.63) is 59.3 Å². The number of carbonyl (C=O) groups is 2. The second-order valence-corrected chi connectivity index (χ2v) is 6.45. The van der Waals surface area contributed by atoms with Crippen LogP contribution in [0.15, 0.2) is 36.8 Å². The molecule has 27 heavy (non-hydrogen) atoms.